The number of hydrogen-bond donors (Lipinski definition) is 0. The van der Waals surface area contributed by atoms with Crippen LogP contribution in [0.4, 0.5) is 0 Å². The largest absolute Gasteiger partial charge is 0.448 e. The summed E-state index contributed by atoms with van der Waals surface area (Å²) in [5.74, 6) is 0. The van der Waals surface area contributed by atoms with Gasteiger partial charge in [0.25, 0.3) is 5.69 Å². The minimum absolute atomic E-state index is 0.966. The highest BCUT2D eigenvalue weighted by molar-refractivity contribution is 6.17. The topological polar surface area (TPSA) is 17.0 Å². The van der Waals surface area contributed by atoms with E-state index in [9.17, 15) is 0 Å². The quantitative estimate of drug-likeness (QED) is 0.351. The van der Waals surface area contributed by atoms with Crippen LogP contribution in [0.25, 0.3) is 44.0 Å². The molecular formula is C24H20NO+. The van der Waals surface area contributed by atoms with Crippen LogP contribution in [0.15, 0.2) is 71.3 Å². The van der Waals surface area contributed by atoms with Gasteiger partial charge in [-0.05, 0) is 36.9 Å². The number of rotatable bonds is 1. The molecule has 26 heavy (non-hydrogen) atoms. The molecule has 0 radical (unpaired) electrons. The molecule has 2 nitrogen and oxygen atoms in total. The predicted octanol–water partition coefficient (Wildman–Crippen LogP) is 5.85. The highest BCUT2D eigenvalue weighted by Crippen LogP contribution is 2.39. The molecule has 0 spiro atoms. The molecule has 0 saturated heterocycles. The Balaban J connectivity index is 2.01. The molecule has 0 bridgehead atoms. The van der Waals surface area contributed by atoms with E-state index in [-0.39, 0.29) is 0 Å². The Bertz CT molecular complexity index is 1310. The van der Waals surface area contributed by atoms with Crippen LogP contribution < -0.4 is 4.57 Å². The first-order valence-electron chi connectivity index (χ1n) is 8.94. The van der Waals surface area contributed by atoms with Crippen molar-refractivity contribution in [1.29, 1.82) is 0 Å². The highest BCUT2D eigenvalue weighted by Gasteiger charge is 2.24. The lowest BCUT2D eigenvalue weighted by molar-refractivity contribution is -0.659. The molecule has 0 aliphatic carbocycles. The molecule has 5 rings (SSSR count). The summed E-state index contributed by atoms with van der Waals surface area (Å²) < 4.78 is 8.73. The monoisotopic (exact) mass is 338 g/mol. The fourth-order valence-corrected chi connectivity index (χ4v) is 4.11. The van der Waals surface area contributed by atoms with E-state index in [4.69, 9.17) is 4.42 Å². The molecule has 0 atom stereocenters. The summed E-state index contributed by atoms with van der Waals surface area (Å²) in [4.78, 5) is 0. The van der Waals surface area contributed by atoms with E-state index >= 15 is 0 Å². The van der Waals surface area contributed by atoms with Crippen molar-refractivity contribution in [3.63, 3.8) is 0 Å². The Labute approximate surface area is 152 Å². The average Bonchev–Trinajstić information content (AvgIpc) is 3.03. The van der Waals surface area contributed by atoms with Crippen molar-refractivity contribution in [2.24, 2.45) is 7.05 Å². The summed E-state index contributed by atoms with van der Waals surface area (Å²) >= 11 is 0. The van der Waals surface area contributed by atoms with Gasteiger partial charge in [-0.1, -0.05) is 48.5 Å². The van der Waals surface area contributed by atoms with Crippen LogP contribution in [0, 0.1) is 13.8 Å². The van der Waals surface area contributed by atoms with E-state index in [0.717, 1.165) is 16.9 Å². The molecule has 0 N–H and O–H groups in total. The first kappa shape index (κ1) is 15.2. The van der Waals surface area contributed by atoms with Gasteiger partial charge in [-0.25, -0.2) is 0 Å². The minimum atomic E-state index is 0.966. The SMILES string of the molecule is Cc1ccccc1-c1c2oc3c4ccccc4ccc3c2c(C)c[n+]1C. The number of pyridine rings is 1. The molecule has 3 aromatic carbocycles. The molecule has 0 saturated carbocycles. The van der Waals surface area contributed by atoms with Crippen LogP contribution in [0.3, 0.4) is 0 Å². The van der Waals surface area contributed by atoms with E-state index in [0.29, 0.717) is 0 Å². The zero-order chi connectivity index (χ0) is 17.8. The molecule has 0 fully saturated rings. The lowest BCUT2D eigenvalue weighted by atomic mass is 10.00. The van der Waals surface area contributed by atoms with E-state index in [1.165, 1.54) is 38.2 Å². The summed E-state index contributed by atoms with van der Waals surface area (Å²) in [5, 5.41) is 4.77. The first-order valence-corrected chi connectivity index (χ1v) is 8.94. The van der Waals surface area contributed by atoms with E-state index in [1.807, 2.05) is 0 Å². The van der Waals surface area contributed by atoms with Gasteiger partial charge in [0.1, 0.15) is 12.6 Å². The van der Waals surface area contributed by atoms with Gasteiger partial charge < -0.3 is 4.42 Å². The predicted molar refractivity (Wildman–Crippen MR) is 107 cm³/mol. The maximum absolute atomic E-state index is 6.55. The minimum Gasteiger partial charge on any atom is -0.448 e. The van der Waals surface area contributed by atoms with Gasteiger partial charge in [0, 0.05) is 21.7 Å². The third-order valence-electron chi connectivity index (χ3n) is 5.33. The highest BCUT2D eigenvalue weighted by atomic mass is 16.3. The Kier molecular flexibility index (Phi) is 3.17. The second-order valence-corrected chi connectivity index (χ2v) is 7.06. The van der Waals surface area contributed by atoms with Crippen molar-refractivity contribution in [2.45, 2.75) is 13.8 Å². The van der Waals surface area contributed by atoms with Gasteiger partial charge in [0.2, 0.25) is 5.58 Å². The lowest BCUT2D eigenvalue weighted by Crippen LogP contribution is -2.31. The fourth-order valence-electron chi connectivity index (χ4n) is 4.11. The van der Waals surface area contributed by atoms with E-state index < -0.39 is 0 Å². The molecule has 2 aromatic heterocycles. The van der Waals surface area contributed by atoms with Crippen molar-refractivity contribution < 1.29 is 8.98 Å². The van der Waals surface area contributed by atoms with E-state index in [2.05, 4.69) is 92.3 Å². The zero-order valence-corrected chi connectivity index (χ0v) is 15.2. The van der Waals surface area contributed by atoms with Gasteiger partial charge in [-0.3, -0.25) is 0 Å². The zero-order valence-electron chi connectivity index (χ0n) is 15.2. The Morgan fingerprint density at radius 2 is 1.50 bits per heavy atom. The molecule has 2 heteroatoms. The summed E-state index contributed by atoms with van der Waals surface area (Å²) in [7, 11) is 2.10. The third kappa shape index (κ3) is 2.02. The Morgan fingerprint density at radius 3 is 2.35 bits per heavy atom. The Hall–Kier alpha value is -3.13. The van der Waals surface area contributed by atoms with Crippen LogP contribution in [-0.4, -0.2) is 0 Å². The van der Waals surface area contributed by atoms with Crippen molar-refractivity contribution in [1.82, 2.24) is 0 Å². The number of nitrogens with zero attached hydrogens (tertiary/aromatic N) is 1. The van der Waals surface area contributed by atoms with Crippen LogP contribution in [0.2, 0.25) is 0 Å². The maximum Gasteiger partial charge on any atom is 0.256 e. The van der Waals surface area contributed by atoms with Crippen LogP contribution in [0.1, 0.15) is 11.1 Å². The normalized spacial score (nSPS) is 11.7. The van der Waals surface area contributed by atoms with Crippen molar-refractivity contribution >= 4 is 32.7 Å². The summed E-state index contributed by atoms with van der Waals surface area (Å²) in [6.45, 7) is 4.31. The lowest BCUT2D eigenvalue weighted by Gasteiger charge is -2.06. The first-order chi connectivity index (χ1) is 12.6. The maximum atomic E-state index is 6.55. The van der Waals surface area contributed by atoms with Crippen LogP contribution in [0.5, 0.6) is 0 Å². The van der Waals surface area contributed by atoms with Gasteiger partial charge in [0.15, 0.2) is 6.20 Å². The second-order valence-electron chi connectivity index (χ2n) is 7.06. The van der Waals surface area contributed by atoms with Crippen LogP contribution in [-0.2, 0) is 7.05 Å². The Morgan fingerprint density at radius 1 is 0.731 bits per heavy atom. The molecule has 5 aromatic rings. The molecule has 2 heterocycles. The smallest absolute Gasteiger partial charge is 0.256 e. The number of aryl methyl sites for hydroxylation is 3. The van der Waals surface area contributed by atoms with E-state index in [1.54, 1.807) is 0 Å². The van der Waals surface area contributed by atoms with Gasteiger partial charge in [-0.15, -0.1) is 0 Å². The molecular weight excluding hydrogens is 318 g/mol. The molecule has 0 aliphatic heterocycles. The second kappa shape index (κ2) is 5.43. The van der Waals surface area contributed by atoms with Crippen molar-refractivity contribution in [2.75, 3.05) is 0 Å². The van der Waals surface area contributed by atoms with Gasteiger partial charge in [0.05, 0.1) is 5.56 Å². The average molecular weight is 338 g/mol. The fraction of sp³-hybridized carbons (Fsp3) is 0.125. The summed E-state index contributed by atoms with van der Waals surface area (Å²) in [6.07, 6.45) is 2.20. The number of fused-ring (bicyclic) bond motifs is 5. The number of aromatic nitrogens is 1. The third-order valence-corrected chi connectivity index (χ3v) is 5.33. The van der Waals surface area contributed by atoms with Crippen molar-refractivity contribution in [3.8, 4) is 11.3 Å². The van der Waals surface area contributed by atoms with Gasteiger partial charge in [-0.2, -0.15) is 4.57 Å². The number of hydrogen-bond acceptors (Lipinski definition) is 1. The number of furan rings is 1. The molecule has 0 amide bonds. The summed E-state index contributed by atoms with van der Waals surface area (Å²) in [5.41, 5.74) is 6.76. The van der Waals surface area contributed by atoms with Crippen molar-refractivity contribution in [3.05, 3.63) is 78.0 Å². The summed E-state index contributed by atoms with van der Waals surface area (Å²) in [6, 6.07) is 21.3. The molecule has 0 unspecified atom stereocenters. The molecule has 0 aliphatic rings. The molecule has 126 valence electrons. The number of benzene rings is 3. The standard InChI is InChI=1S/C24H20NO/c1-15-8-4-6-10-18(15)22-24-21(16(2)14-25(22)3)20-13-12-17-9-5-7-11-19(17)23(20)26-24/h4-14H,1-3H3/q+1. The van der Waals surface area contributed by atoms with Gasteiger partial charge >= 0.3 is 0 Å². The van der Waals surface area contributed by atoms with Crippen LogP contribution >= 0.6 is 0 Å².